The van der Waals surface area contributed by atoms with Gasteiger partial charge in [-0.1, -0.05) is 46.6 Å². The van der Waals surface area contributed by atoms with Gasteiger partial charge in [-0.2, -0.15) is 0 Å². The van der Waals surface area contributed by atoms with Crippen molar-refractivity contribution in [1.82, 2.24) is 4.98 Å². The van der Waals surface area contributed by atoms with E-state index in [-0.39, 0.29) is 12.0 Å². The molecule has 2 heteroatoms. The number of hydrogen-bond acceptors (Lipinski definition) is 2. The number of nitrogens with zero attached hydrogens (tertiary/aromatic N) is 1. The van der Waals surface area contributed by atoms with Crippen LogP contribution in [0, 0.1) is 11.8 Å². The molecule has 0 saturated heterocycles. The molecule has 1 N–H and O–H groups in total. The third kappa shape index (κ3) is 4.09. The second-order valence-electron chi connectivity index (χ2n) is 5.56. The molecule has 0 fully saturated rings. The quantitative estimate of drug-likeness (QED) is 0.792. The molecule has 2 nitrogen and oxygen atoms in total. The third-order valence-electron chi connectivity index (χ3n) is 3.74. The zero-order valence-corrected chi connectivity index (χ0v) is 12.1. The van der Waals surface area contributed by atoms with Gasteiger partial charge in [-0.25, -0.2) is 0 Å². The van der Waals surface area contributed by atoms with Gasteiger partial charge in [0.05, 0.1) is 6.10 Å². The Kier molecular flexibility index (Phi) is 6.34. The van der Waals surface area contributed by atoms with Gasteiger partial charge in [0.25, 0.3) is 0 Å². The predicted molar refractivity (Wildman–Crippen MR) is 76.5 cm³/mol. The van der Waals surface area contributed by atoms with Gasteiger partial charge in [-0.3, -0.25) is 4.98 Å². The summed E-state index contributed by atoms with van der Waals surface area (Å²) in [6.07, 6.45) is 4.59. The lowest BCUT2D eigenvalue weighted by atomic mass is 9.81. The van der Waals surface area contributed by atoms with Crippen LogP contribution in [0.5, 0.6) is 0 Å². The largest absolute Gasteiger partial charge is 0.392 e. The molecular weight excluding hydrogens is 222 g/mol. The fraction of sp³-hybridized carbons (Fsp3) is 0.688. The van der Waals surface area contributed by atoms with Crippen LogP contribution in [-0.2, 0) is 0 Å². The smallest absolute Gasteiger partial charge is 0.0651 e. The number of pyridine rings is 1. The number of aromatic nitrogens is 1. The summed E-state index contributed by atoms with van der Waals surface area (Å²) in [4.78, 5) is 4.44. The molecule has 0 saturated carbocycles. The van der Waals surface area contributed by atoms with E-state index in [4.69, 9.17) is 0 Å². The first-order chi connectivity index (χ1) is 8.60. The average Bonchev–Trinajstić information content (AvgIpc) is 2.38. The highest BCUT2D eigenvalue weighted by Crippen LogP contribution is 2.31. The van der Waals surface area contributed by atoms with Crippen molar-refractivity contribution in [3.8, 4) is 0 Å². The summed E-state index contributed by atoms with van der Waals surface area (Å²) in [7, 11) is 0. The summed E-state index contributed by atoms with van der Waals surface area (Å²) in [5.74, 6) is 1.10. The molecule has 0 radical (unpaired) electrons. The molecule has 1 heterocycles. The van der Waals surface area contributed by atoms with Crippen LogP contribution in [0.25, 0.3) is 0 Å². The van der Waals surface area contributed by atoms with Gasteiger partial charge in [-0.15, -0.1) is 0 Å². The van der Waals surface area contributed by atoms with Crippen LogP contribution < -0.4 is 0 Å². The van der Waals surface area contributed by atoms with Crippen LogP contribution in [0.1, 0.15) is 58.6 Å². The van der Waals surface area contributed by atoms with Crippen LogP contribution >= 0.6 is 0 Å². The van der Waals surface area contributed by atoms with E-state index >= 15 is 0 Å². The molecule has 18 heavy (non-hydrogen) atoms. The zero-order valence-electron chi connectivity index (χ0n) is 12.1. The standard InChI is InChI=1S/C16H27NO/c1-5-13(6-2)16(18)14(11-12(3)4)15-9-7-8-10-17-15/h7-10,12-14,16,18H,5-6,11H2,1-4H3. The molecule has 0 spiro atoms. The van der Waals surface area contributed by atoms with Crippen LogP contribution in [0.4, 0.5) is 0 Å². The summed E-state index contributed by atoms with van der Waals surface area (Å²) in [6, 6.07) is 5.98. The molecule has 2 atom stereocenters. The van der Waals surface area contributed by atoms with Gasteiger partial charge < -0.3 is 5.11 Å². The fourth-order valence-electron chi connectivity index (χ4n) is 2.64. The van der Waals surface area contributed by atoms with Crippen LogP contribution in [0.3, 0.4) is 0 Å². The van der Waals surface area contributed by atoms with Crippen molar-refractivity contribution >= 4 is 0 Å². The van der Waals surface area contributed by atoms with Crippen molar-refractivity contribution in [2.45, 2.75) is 59.0 Å². The molecule has 0 bridgehead atoms. The molecule has 2 unspecified atom stereocenters. The highest BCUT2D eigenvalue weighted by atomic mass is 16.3. The highest BCUT2D eigenvalue weighted by molar-refractivity contribution is 5.12. The van der Waals surface area contributed by atoms with Gasteiger partial charge >= 0.3 is 0 Å². The molecule has 0 aliphatic carbocycles. The number of hydrogen-bond donors (Lipinski definition) is 1. The summed E-state index contributed by atoms with van der Waals surface area (Å²) in [5.41, 5.74) is 1.03. The van der Waals surface area contributed by atoms with Crippen molar-refractivity contribution in [2.75, 3.05) is 0 Å². The minimum atomic E-state index is -0.280. The zero-order chi connectivity index (χ0) is 13.5. The second kappa shape index (κ2) is 7.52. The predicted octanol–water partition coefficient (Wildman–Crippen LogP) is 4.01. The maximum Gasteiger partial charge on any atom is 0.0651 e. The van der Waals surface area contributed by atoms with E-state index in [0.717, 1.165) is 25.0 Å². The van der Waals surface area contributed by atoms with Gasteiger partial charge in [0, 0.05) is 17.8 Å². The monoisotopic (exact) mass is 249 g/mol. The molecule has 0 amide bonds. The Morgan fingerprint density at radius 1 is 1.17 bits per heavy atom. The SMILES string of the molecule is CCC(CC)C(O)C(CC(C)C)c1ccccn1. The van der Waals surface area contributed by atoms with E-state index in [0.29, 0.717) is 11.8 Å². The van der Waals surface area contributed by atoms with Crippen molar-refractivity contribution in [3.05, 3.63) is 30.1 Å². The Morgan fingerprint density at radius 3 is 2.28 bits per heavy atom. The van der Waals surface area contributed by atoms with Gasteiger partial charge in [0.2, 0.25) is 0 Å². The van der Waals surface area contributed by atoms with E-state index < -0.39 is 0 Å². The number of rotatable bonds is 7. The van der Waals surface area contributed by atoms with Crippen molar-refractivity contribution < 1.29 is 5.11 Å². The maximum atomic E-state index is 10.6. The van der Waals surface area contributed by atoms with E-state index in [1.54, 1.807) is 0 Å². The number of aliphatic hydroxyl groups excluding tert-OH is 1. The lowest BCUT2D eigenvalue weighted by Gasteiger charge is -2.29. The minimum absolute atomic E-state index is 0.163. The first-order valence-corrected chi connectivity index (χ1v) is 7.19. The van der Waals surface area contributed by atoms with Gasteiger partial charge in [0.1, 0.15) is 0 Å². The van der Waals surface area contributed by atoms with Crippen LogP contribution in [0.15, 0.2) is 24.4 Å². The van der Waals surface area contributed by atoms with E-state index in [1.165, 1.54) is 0 Å². The van der Waals surface area contributed by atoms with E-state index in [1.807, 2.05) is 24.4 Å². The lowest BCUT2D eigenvalue weighted by molar-refractivity contribution is 0.0669. The first kappa shape index (κ1) is 15.2. The molecule has 1 rings (SSSR count). The minimum Gasteiger partial charge on any atom is -0.392 e. The molecule has 0 aromatic carbocycles. The third-order valence-corrected chi connectivity index (χ3v) is 3.74. The van der Waals surface area contributed by atoms with E-state index in [2.05, 4.69) is 32.7 Å². The fourth-order valence-corrected chi connectivity index (χ4v) is 2.64. The average molecular weight is 249 g/mol. The van der Waals surface area contributed by atoms with Crippen LogP contribution in [0.2, 0.25) is 0 Å². The molecular formula is C16H27NO. The molecule has 0 aliphatic heterocycles. The Labute approximate surface area is 111 Å². The van der Waals surface area contributed by atoms with E-state index in [9.17, 15) is 5.11 Å². The Balaban J connectivity index is 2.91. The van der Waals surface area contributed by atoms with Crippen molar-refractivity contribution in [2.24, 2.45) is 11.8 Å². The van der Waals surface area contributed by atoms with Crippen molar-refractivity contribution in [1.29, 1.82) is 0 Å². The Hall–Kier alpha value is -0.890. The summed E-state index contributed by atoms with van der Waals surface area (Å²) in [6.45, 7) is 8.72. The molecule has 0 aliphatic rings. The maximum absolute atomic E-state index is 10.6. The Morgan fingerprint density at radius 2 is 1.83 bits per heavy atom. The van der Waals surface area contributed by atoms with Gasteiger partial charge in [0.15, 0.2) is 0 Å². The number of aliphatic hydroxyl groups is 1. The molecule has 1 aromatic heterocycles. The summed E-state index contributed by atoms with van der Waals surface area (Å²) in [5, 5.41) is 10.6. The lowest BCUT2D eigenvalue weighted by Crippen LogP contribution is -2.28. The molecule has 102 valence electrons. The highest BCUT2D eigenvalue weighted by Gasteiger charge is 2.28. The van der Waals surface area contributed by atoms with Gasteiger partial charge in [-0.05, 0) is 30.4 Å². The first-order valence-electron chi connectivity index (χ1n) is 7.19. The topological polar surface area (TPSA) is 33.1 Å². The molecule has 1 aromatic rings. The second-order valence-corrected chi connectivity index (χ2v) is 5.56. The normalized spacial score (nSPS) is 15.1. The Bertz CT molecular complexity index is 319. The summed E-state index contributed by atoms with van der Waals surface area (Å²) < 4.78 is 0. The summed E-state index contributed by atoms with van der Waals surface area (Å²) >= 11 is 0. The van der Waals surface area contributed by atoms with Crippen molar-refractivity contribution in [3.63, 3.8) is 0 Å². The van der Waals surface area contributed by atoms with Crippen LogP contribution in [-0.4, -0.2) is 16.2 Å².